The topological polar surface area (TPSA) is 51.5 Å². The van der Waals surface area contributed by atoms with Crippen LogP contribution in [-0.2, 0) is 6.61 Å². The standard InChI is InChI=1S/C18H14FNO3/c19-13-5-4-6-14(11-13)20-18(21)17-10-9-16(23-17)12-22-15-7-2-1-3-8-15/h1-11H,12H2,(H,20,21). The number of ether oxygens (including phenoxy) is 1. The SMILES string of the molecule is O=C(Nc1cccc(F)c1)c1ccc(COc2ccccc2)o1. The van der Waals surface area contributed by atoms with Gasteiger partial charge in [-0.3, -0.25) is 4.79 Å². The quantitative estimate of drug-likeness (QED) is 0.766. The molecule has 0 fully saturated rings. The molecule has 0 atom stereocenters. The summed E-state index contributed by atoms with van der Waals surface area (Å²) in [4.78, 5) is 12.0. The molecule has 1 heterocycles. The highest BCUT2D eigenvalue weighted by atomic mass is 19.1. The first-order valence-electron chi connectivity index (χ1n) is 7.04. The Balaban J connectivity index is 1.61. The summed E-state index contributed by atoms with van der Waals surface area (Å²) in [6.07, 6.45) is 0. The fraction of sp³-hybridized carbons (Fsp3) is 0.0556. The molecule has 1 amide bonds. The van der Waals surface area contributed by atoms with Gasteiger partial charge in [0.15, 0.2) is 5.76 Å². The number of nitrogens with one attached hydrogen (secondary N) is 1. The number of furan rings is 1. The summed E-state index contributed by atoms with van der Waals surface area (Å²) in [7, 11) is 0. The highest BCUT2D eigenvalue weighted by molar-refractivity contribution is 6.02. The van der Waals surface area contributed by atoms with Crippen LogP contribution in [0.3, 0.4) is 0 Å². The van der Waals surface area contributed by atoms with Gasteiger partial charge in [0.2, 0.25) is 0 Å². The molecule has 23 heavy (non-hydrogen) atoms. The van der Waals surface area contributed by atoms with E-state index in [-0.39, 0.29) is 12.4 Å². The molecule has 0 bridgehead atoms. The van der Waals surface area contributed by atoms with Crippen LogP contribution in [0.1, 0.15) is 16.3 Å². The van der Waals surface area contributed by atoms with Crippen LogP contribution in [0.15, 0.2) is 71.1 Å². The molecule has 5 heteroatoms. The van der Waals surface area contributed by atoms with E-state index in [4.69, 9.17) is 9.15 Å². The van der Waals surface area contributed by atoms with Crippen molar-refractivity contribution < 1.29 is 18.3 Å². The summed E-state index contributed by atoms with van der Waals surface area (Å²) in [6.45, 7) is 0.220. The Morgan fingerprint density at radius 1 is 1.04 bits per heavy atom. The Hall–Kier alpha value is -3.08. The Morgan fingerprint density at radius 3 is 2.65 bits per heavy atom. The Bertz CT molecular complexity index is 799. The monoisotopic (exact) mass is 311 g/mol. The van der Waals surface area contributed by atoms with Crippen molar-refractivity contribution in [3.8, 4) is 5.75 Å². The van der Waals surface area contributed by atoms with Gasteiger partial charge in [-0.05, 0) is 42.5 Å². The molecule has 0 saturated heterocycles. The molecule has 3 rings (SSSR count). The van der Waals surface area contributed by atoms with Crippen LogP contribution in [0.2, 0.25) is 0 Å². The maximum absolute atomic E-state index is 13.1. The smallest absolute Gasteiger partial charge is 0.291 e. The fourth-order valence-electron chi connectivity index (χ4n) is 2.01. The van der Waals surface area contributed by atoms with Gasteiger partial charge in [-0.15, -0.1) is 0 Å². The zero-order valence-electron chi connectivity index (χ0n) is 12.2. The van der Waals surface area contributed by atoms with Crippen LogP contribution < -0.4 is 10.1 Å². The molecule has 4 nitrogen and oxygen atoms in total. The molecule has 0 spiro atoms. The highest BCUT2D eigenvalue weighted by Gasteiger charge is 2.12. The van der Waals surface area contributed by atoms with Gasteiger partial charge >= 0.3 is 0 Å². The van der Waals surface area contributed by atoms with Crippen molar-refractivity contribution >= 4 is 11.6 Å². The van der Waals surface area contributed by atoms with Crippen LogP contribution >= 0.6 is 0 Å². The normalized spacial score (nSPS) is 10.3. The molecule has 116 valence electrons. The van der Waals surface area contributed by atoms with Crippen molar-refractivity contribution in [3.05, 3.63) is 84.1 Å². The Labute approximate surface area is 132 Å². The average Bonchev–Trinajstić information content (AvgIpc) is 3.03. The number of carbonyl (C=O) groups is 1. The lowest BCUT2D eigenvalue weighted by molar-refractivity contribution is 0.0992. The number of amides is 1. The predicted octanol–water partition coefficient (Wildman–Crippen LogP) is 4.25. The summed E-state index contributed by atoms with van der Waals surface area (Å²) in [5.41, 5.74) is 0.369. The number of halogens is 1. The predicted molar refractivity (Wildman–Crippen MR) is 83.8 cm³/mol. The molecule has 2 aromatic carbocycles. The molecule has 0 radical (unpaired) electrons. The van der Waals surface area contributed by atoms with Crippen LogP contribution in [-0.4, -0.2) is 5.91 Å². The zero-order valence-corrected chi connectivity index (χ0v) is 12.2. The van der Waals surface area contributed by atoms with Crippen molar-refractivity contribution in [2.45, 2.75) is 6.61 Å². The second-order valence-electron chi connectivity index (χ2n) is 4.83. The molecule has 0 aliphatic carbocycles. The molecule has 1 aromatic heterocycles. The lowest BCUT2D eigenvalue weighted by Gasteiger charge is -2.04. The maximum atomic E-state index is 13.1. The van der Waals surface area contributed by atoms with Crippen molar-refractivity contribution in [2.75, 3.05) is 5.32 Å². The summed E-state index contributed by atoms with van der Waals surface area (Å²) < 4.78 is 24.1. The van der Waals surface area contributed by atoms with Gasteiger partial charge in [0.25, 0.3) is 5.91 Å². The van der Waals surface area contributed by atoms with Gasteiger partial charge < -0.3 is 14.5 Å². The third kappa shape index (κ3) is 3.97. The summed E-state index contributed by atoms with van der Waals surface area (Å²) in [5, 5.41) is 2.57. The van der Waals surface area contributed by atoms with E-state index in [0.717, 1.165) is 5.75 Å². The van der Waals surface area contributed by atoms with Gasteiger partial charge in [-0.1, -0.05) is 24.3 Å². The van der Waals surface area contributed by atoms with E-state index in [2.05, 4.69) is 5.32 Å². The van der Waals surface area contributed by atoms with Gasteiger partial charge in [-0.2, -0.15) is 0 Å². The van der Waals surface area contributed by atoms with Gasteiger partial charge in [0, 0.05) is 5.69 Å². The molecule has 0 unspecified atom stereocenters. The lowest BCUT2D eigenvalue weighted by atomic mass is 10.3. The summed E-state index contributed by atoms with van der Waals surface area (Å²) in [5.74, 6) is 0.523. The van der Waals surface area contributed by atoms with Crippen LogP contribution in [0, 0.1) is 5.82 Å². The van der Waals surface area contributed by atoms with Gasteiger partial charge in [0.1, 0.15) is 23.9 Å². The first-order chi connectivity index (χ1) is 11.2. The number of hydrogen-bond acceptors (Lipinski definition) is 3. The molecule has 0 aliphatic rings. The van der Waals surface area contributed by atoms with Crippen LogP contribution in [0.5, 0.6) is 5.75 Å². The number of anilines is 1. The van der Waals surface area contributed by atoms with Crippen molar-refractivity contribution in [1.82, 2.24) is 0 Å². The zero-order chi connectivity index (χ0) is 16.1. The van der Waals surface area contributed by atoms with Crippen LogP contribution in [0.4, 0.5) is 10.1 Å². The second-order valence-corrected chi connectivity index (χ2v) is 4.83. The van der Waals surface area contributed by atoms with E-state index in [9.17, 15) is 9.18 Å². The number of benzene rings is 2. The molecular formula is C18H14FNO3. The van der Waals surface area contributed by atoms with E-state index in [1.807, 2.05) is 30.3 Å². The van der Waals surface area contributed by atoms with Crippen molar-refractivity contribution in [1.29, 1.82) is 0 Å². The fourth-order valence-corrected chi connectivity index (χ4v) is 2.01. The number of carbonyl (C=O) groups excluding carboxylic acids is 1. The van der Waals surface area contributed by atoms with E-state index >= 15 is 0 Å². The van der Waals surface area contributed by atoms with Crippen molar-refractivity contribution in [2.24, 2.45) is 0 Å². The molecule has 1 N–H and O–H groups in total. The molecule has 0 saturated carbocycles. The first-order valence-corrected chi connectivity index (χ1v) is 7.04. The molecular weight excluding hydrogens is 297 g/mol. The van der Waals surface area contributed by atoms with E-state index in [0.29, 0.717) is 11.4 Å². The average molecular weight is 311 g/mol. The Kier molecular flexibility index (Phi) is 4.38. The highest BCUT2D eigenvalue weighted by Crippen LogP contribution is 2.16. The largest absolute Gasteiger partial charge is 0.486 e. The Morgan fingerprint density at radius 2 is 1.87 bits per heavy atom. The van der Waals surface area contributed by atoms with E-state index < -0.39 is 11.7 Å². The summed E-state index contributed by atoms with van der Waals surface area (Å²) >= 11 is 0. The minimum atomic E-state index is -0.443. The van der Waals surface area contributed by atoms with E-state index in [1.165, 1.54) is 18.2 Å². The summed E-state index contributed by atoms with van der Waals surface area (Å²) in [6, 6.07) is 18.2. The van der Waals surface area contributed by atoms with Gasteiger partial charge in [-0.25, -0.2) is 4.39 Å². The third-order valence-electron chi connectivity index (χ3n) is 3.09. The minimum absolute atomic E-state index is 0.140. The van der Waals surface area contributed by atoms with Gasteiger partial charge in [0.05, 0.1) is 0 Å². The van der Waals surface area contributed by atoms with Crippen LogP contribution in [0.25, 0.3) is 0 Å². The van der Waals surface area contributed by atoms with E-state index in [1.54, 1.807) is 18.2 Å². The minimum Gasteiger partial charge on any atom is -0.486 e. The second kappa shape index (κ2) is 6.79. The molecule has 3 aromatic rings. The number of rotatable bonds is 5. The maximum Gasteiger partial charge on any atom is 0.291 e. The molecule has 0 aliphatic heterocycles. The third-order valence-corrected chi connectivity index (χ3v) is 3.09. The lowest BCUT2D eigenvalue weighted by Crippen LogP contribution is -2.10. The number of hydrogen-bond donors (Lipinski definition) is 1. The first kappa shape index (κ1) is 14.8. The number of para-hydroxylation sites is 1. The van der Waals surface area contributed by atoms with Crippen molar-refractivity contribution in [3.63, 3.8) is 0 Å².